The molecule has 0 aromatic heterocycles. The van der Waals surface area contributed by atoms with Crippen molar-refractivity contribution in [3.63, 3.8) is 0 Å². The maximum absolute atomic E-state index is 13.0. The second-order valence-corrected chi connectivity index (χ2v) is 7.43. The largest absolute Gasteiger partial charge is 0.274 e. The standard InChI is InChI=1S/C20H20ClNO2/c1-4-10(2)16-13-7-8-14(16)18-17(13)19(23)22(20(18)24)12-6-5-11(3)15(21)9-12/h5-9,13-14,17-18H,4H2,1-3H3/t13-,14+,17+,18-. The second-order valence-electron chi connectivity index (χ2n) is 7.02. The van der Waals surface area contributed by atoms with Crippen LogP contribution in [0.1, 0.15) is 25.8 Å². The van der Waals surface area contributed by atoms with E-state index < -0.39 is 0 Å². The van der Waals surface area contributed by atoms with Gasteiger partial charge in [0.15, 0.2) is 0 Å². The number of amides is 2. The average molecular weight is 342 g/mol. The van der Waals surface area contributed by atoms with Crippen molar-refractivity contribution in [2.75, 3.05) is 4.90 Å². The van der Waals surface area contributed by atoms with E-state index in [0.717, 1.165) is 12.0 Å². The summed E-state index contributed by atoms with van der Waals surface area (Å²) in [5.74, 6) is -0.482. The van der Waals surface area contributed by atoms with Gasteiger partial charge in [0.1, 0.15) is 0 Å². The Labute approximate surface area is 147 Å². The Balaban J connectivity index is 1.75. The average Bonchev–Trinajstić information content (AvgIpc) is 3.20. The van der Waals surface area contributed by atoms with E-state index >= 15 is 0 Å². The van der Waals surface area contributed by atoms with Gasteiger partial charge in [-0.05, 0) is 38.0 Å². The molecule has 0 N–H and O–H groups in total. The molecular weight excluding hydrogens is 322 g/mol. The maximum Gasteiger partial charge on any atom is 0.238 e. The Morgan fingerprint density at radius 1 is 1.12 bits per heavy atom. The van der Waals surface area contributed by atoms with Crippen LogP contribution < -0.4 is 4.90 Å². The number of nitrogens with zero attached hydrogens (tertiary/aromatic N) is 1. The number of imide groups is 1. The van der Waals surface area contributed by atoms with Crippen LogP contribution in [0.3, 0.4) is 0 Å². The van der Waals surface area contributed by atoms with Crippen LogP contribution in [0.15, 0.2) is 41.5 Å². The molecule has 2 fully saturated rings. The van der Waals surface area contributed by atoms with Crippen molar-refractivity contribution in [1.82, 2.24) is 0 Å². The highest BCUT2D eigenvalue weighted by Gasteiger charge is 2.62. The van der Waals surface area contributed by atoms with Crippen LogP contribution in [0, 0.1) is 30.6 Å². The number of hydrogen-bond donors (Lipinski definition) is 0. The van der Waals surface area contributed by atoms with Gasteiger partial charge in [0.2, 0.25) is 11.8 Å². The molecule has 0 radical (unpaired) electrons. The van der Waals surface area contributed by atoms with Crippen LogP contribution in [-0.2, 0) is 9.59 Å². The fraction of sp³-hybridized carbons (Fsp3) is 0.400. The van der Waals surface area contributed by atoms with Crippen molar-refractivity contribution in [1.29, 1.82) is 0 Å². The second kappa shape index (κ2) is 5.32. The molecule has 2 bridgehead atoms. The highest BCUT2D eigenvalue weighted by atomic mass is 35.5. The van der Waals surface area contributed by atoms with Crippen molar-refractivity contribution in [3.8, 4) is 0 Å². The normalized spacial score (nSPS) is 32.8. The molecule has 4 rings (SSSR count). The summed E-state index contributed by atoms with van der Waals surface area (Å²) in [5.41, 5.74) is 4.14. The van der Waals surface area contributed by atoms with Gasteiger partial charge in [-0.1, -0.05) is 47.9 Å². The van der Waals surface area contributed by atoms with Gasteiger partial charge in [-0.15, -0.1) is 0 Å². The molecule has 1 aliphatic heterocycles. The third-order valence-corrected chi connectivity index (χ3v) is 6.26. The first-order valence-electron chi connectivity index (χ1n) is 8.47. The van der Waals surface area contributed by atoms with Gasteiger partial charge >= 0.3 is 0 Å². The van der Waals surface area contributed by atoms with Crippen LogP contribution in [0.5, 0.6) is 0 Å². The van der Waals surface area contributed by atoms with E-state index in [1.807, 2.05) is 13.0 Å². The Bertz CT molecular complexity index is 789. The predicted molar refractivity (Wildman–Crippen MR) is 94.8 cm³/mol. The summed E-state index contributed by atoms with van der Waals surface area (Å²) < 4.78 is 0. The minimum Gasteiger partial charge on any atom is -0.274 e. The third kappa shape index (κ3) is 1.91. The third-order valence-electron chi connectivity index (χ3n) is 5.85. The molecule has 1 saturated carbocycles. The number of hydrogen-bond acceptors (Lipinski definition) is 2. The molecule has 4 atom stereocenters. The van der Waals surface area contributed by atoms with Crippen molar-refractivity contribution in [2.45, 2.75) is 27.2 Å². The minimum absolute atomic E-state index is 0.0804. The highest BCUT2D eigenvalue weighted by Crippen LogP contribution is 2.57. The highest BCUT2D eigenvalue weighted by molar-refractivity contribution is 6.32. The van der Waals surface area contributed by atoms with Crippen molar-refractivity contribution in [2.24, 2.45) is 23.7 Å². The summed E-state index contributed by atoms with van der Waals surface area (Å²) in [5, 5.41) is 0.577. The molecule has 3 aliphatic rings. The molecule has 1 aromatic rings. The lowest BCUT2D eigenvalue weighted by Crippen LogP contribution is -2.33. The molecule has 0 unspecified atom stereocenters. The first-order chi connectivity index (χ1) is 11.5. The SMILES string of the molecule is CCC(C)=C1[C@H]2C=C[C@@H]1[C@H]1C(=O)N(c3ccc(C)c(Cl)c3)C(=O)[C@H]12. The number of anilines is 1. The van der Waals surface area contributed by atoms with E-state index in [2.05, 4.69) is 26.0 Å². The summed E-state index contributed by atoms with van der Waals surface area (Å²) in [6.45, 7) is 6.15. The van der Waals surface area contributed by atoms with Gasteiger partial charge in [-0.2, -0.15) is 0 Å². The zero-order valence-electron chi connectivity index (χ0n) is 14.0. The van der Waals surface area contributed by atoms with Gasteiger partial charge in [0.25, 0.3) is 0 Å². The monoisotopic (exact) mass is 341 g/mol. The summed E-state index contributed by atoms with van der Waals surface area (Å²) >= 11 is 6.19. The number of carbonyl (C=O) groups is 2. The topological polar surface area (TPSA) is 37.4 Å². The van der Waals surface area contributed by atoms with Crippen LogP contribution in [-0.4, -0.2) is 11.8 Å². The van der Waals surface area contributed by atoms with Crippen molar-refractivity contribution in [3.05, 3.63) is 52.1 Å². The first-order valence-corrected chi connectivity index (χ1v) is 8.85. The van der Waals surface area contributed by atoms with E-state index in [1.54, 1.807) is 12.1 Å². The molecule has 0 spiro atoms. The molecule has 2 amide bonds. The van der Waals surface area contributed by atoms with Crippen LogP contribution >= 0.6 is 11.6 Å². The number of rotatable bonds is 2. The van der Waals surface area contributed by atoms with E-state index in [-0.39, 0.29) is 35.5 Å². The Morgan fingerprint density at radius 3 is 2.21 bits per heavy atom. The molecule has 1 saturated heterocycles. The summed E-state index contributed by atoms with van der Waals surface area (Å²) in [6, 6.07) is 5.38. The zero-order chi connectivity index (χ0) is 17.2. The smallest absolute Gasteiger partial charge is 0.238 e. The van der Waals surface area contributed by atoms with Crippen LogP contribution in [0.2, 0.25) is 5.02 Å². The lowest BCUT2D eigenvalue weighted by Gasteiger charge is -2.20. The van der Waals surface area contributed by atoms with Crippen LogP contribution in [0.4, 0.5) is 5.69 Å². The lowest BCUT2D eigenvalue weighted by atomic mass is 9.85. The number of allylic oxidation sites excluding steroid dienone is 4. The molecule has 124 valence electrons. The molecule has 4 heteroatoms. The Morgan fingerprint density at radius 2 is 1.71 bits per heavy atom. The van der Waals surface area contributed by atoms with Crippen LogP contribution in [0.25, 0.3) is 0 Å². The summed E-state index contributed by atoms with van der Waals surface area (Å²) in [7, 11) is 0. The van der Waals surface area contributed by atoms with E-state index in [1.165, 1.54) is 16.0 Å². The Hall–Kier alpha value is -1.87. The zero-order valence-corrected chi connectivity index (χ0v) is 14.8. The summed E-state index contributed by atoms with van der Waals surface area (Å²) in [4.78, 5) is 27.4. The number of aryl methyl sites for hydroxylation is 1. The maximum atomic E-state index is 13.0. The number of benzene rings is 1. The molecular formula is C20H20ClNO2. The van der Waals surface area contributed by atoms with Gasteiger partial charge in [0.05, 0.1) is 17.5 Å². The van der Waals surface area contributed by atoms with E-state index in [0.29, 0.717) is 10.7 Å². The number of carbonyl (C=O) groups excluding carboxylic acids is 2. The fourth-order valence-electron chi connectivity index (χ4n) is 4.51. The fourth-order valence-corrected chi connectivity index (χ4v) is 4.69. The van der Waals surface area contributed by atoms with Gasteiger partial charge in [0, 0.05) is 16.9 Å². The molecule has 3 nitrogen and oxygen atoms in total. The van der Waals surface area contributed by atoms with Crippen molar-refractivity contribution >= 4 is 29.1 Å². The Kier molecular flexibility index (Phi) is 3.47. The lowest BCUT2D eigenvalue weighted by molar-refractivity contribution is -0.122. The van der Waals surface area contributed by atoms with E-state index in [9.17, 15) is 9.59 Å². The molecule has 1 aromatic carbocycles. The molecule has 1 heterocycles. The minimum atomic E-state index is -0.246. The van der Waals surface area contributed by atoms with Crippen molar-refractivity contribution < 1.29 is 9.59 Å². The number of halogens is 1. The quantitative estimate of drug-likeness (QED) is 0.594. The van der Waals surface area contributed by atoms with Gasteiger partial charge in [-0.25, -0.2) is 4.90 Å². The van der Waals surface area contributed by atoms with E-state index in [4.69, 9.17) is 11.6 Å². The first kappa shape index (κ1) is 15.6. The summed E-state index contributed by atoms with van der Waals surface area (Å²) in [6.07, 6.45) is 5.21. The molecule has 2 aliphatic carbocycles. The number of fused-ring (bicyclic) bond motifs is 5. The van der Waals surface area contributed by atoms with Gasteiger partial charge < -0.3 is 0 Å². The predicted octanol–water partition coefficient (Wildman–Crippen LogP) is 4.30. The van der Waals surface area contributed by atoms with Gasteiger partial charge in [-0.3, -0.25) is 9.59 Å². The molecule has 24 heavy (non-hydrogen) atoms.